The molecule has 2 aromatic heterocycles. The third-order valence-electron chi connectivity index (χ3n) is 2.61. The van der Waals surface area contributed by atoms with Crippen molar-refractivity contribution < 1.29 is 9.90 Å². The van der Waals surface area contributed by atoms with Crippen molar-refractivity contribution in [2.24, 2.45) is 0 Å². The summed E-state index contributed by atoms with van der Waals surface area (Å²) < 4.78 is 0. The third kappa shape index (κ3) is 3.31. The van der Waals surface area contributed by atoms with Crippen molar-refractivity contribution in [3.8, 4) is 10.6 Å². The number of nitrogens with one attached hydrogen (secondary N) is 2. The van der Waals surface area contributed by atoms with E-state index in [0.717, 1.165) is 10.6 Å². The number of aromatic nitrogens is 2. The van der Waals surface area contributed by atoms with Gasteiger partial charge in [-0.3, -0.25) is 4.79 Å². The van der Waals surface area contributed by atoms with Gasteiger partial charge in [-0.05, 0) is 25.1 Å². The zero-order chi connectivity index (χ0) is 14.5. The van der Waals surface area contributed by atoms with Crippen LogP contribution < -0.4 is 10.6 Å². The smallest absolute Gasteiger partial charge is 0.261 e. The molecule has 7 heteroatoms. The van der Waals surface area contributed by atoms with E-state index in [1.54, 1.807) is 32.3 Å². The van der Waals surface area contributed by atoms with Crippen LogP contribution in [0.25, 0.3) is 10.6 Å². The highest BCUT2D eigenvalue weighted by atomic mass is 32.1. The highest BCUT2D eigenvalue weighted by Gasteiger charge is 2.13. The maximum atomic E-state index is 11.9. The van der Waals surface area contributed by atoms with E-state index in [4.69, 9.17) is 5.11 Å². The van der Waals surface area contributed by atoms with Gasteiger partial charge in [0.1, 0.15) is 0 Å². The van der Waals surface area contributed by atoms with Crippen molar-refractivity contribution in [1.82, 2.24) is 15.3 Å². The summed E-state index contributed by atoms with van der Waals surface area (Å²) in [5.41, 5.74) is 0.767. The van der Waals surface area contributed by atoms with E-state index in [-0.39, 0.29) is 18.6 Å². The Bertz CT molecular complexity index is 600. The molecule has 1 amide bonds. The maximum Gasteiger partial charge on any atom is 0.261 e. The van der Waals surface area contributed by atoms with Crippen molar-refractivity contribution in [2.75, 3.05) is 19.0 Å². The van der Waals surface area contributed by atoms with E-state index in [9.17, 15) is 4.79 Å². The van der Waals surface area contributed by atoms with Crippen LogP contribution in [0.1, 0.15) is 16.6 Å². The molecule has 3 N–H and O–H groups in total. The average Bonchev–Trinajstić information content (AvgIpc) is 2.97. The van der Waals surface area contributed by atoms with Crippen LogP contribution in [0.5, 0.6) is 0 Å². The molecule has 0 saturated carbocycles. The summed E-state index contributed by atoms with van der Waals surface area (Å²) in [6, 6.07) is 5.14. The minimum Gasteiger partial charge on any atom is -0.394 e. The monoisotopic (exact) mass is 292 g/mol. The Hall–Kier alpha value is -1.99. The zero-order valence-corrected chi connectivity index (χ0v) is 12.1. The predicted octanol–water partition coefficient (Wildman–Crippen LogP) is 1.36. The lowest BCUT2D eigenvalue weighted by Crippen LogP contribution is -2.34. The summed E-state index contributed by atoms with van der Waals surface area (Å²) in [6.45, 7) is 1.66. The first-order valence-corrected chi connectivity index (χ1v) is 6.98. The molecule has 6 nitrogen and oxygen atoms in total. The van der Waals surface area contributed by atoms with Crippen LogP contribution >= 0.6 is 11.3 Å². The van der Waals surface area contributed by atoms with Crippen LogP contribution in [-0.4, -0.2) is 40.7 Å². The molecule has 0 aliphatic carbocycles. The molecule has 0 saturated heterocycles. The Morgan fingerprint density at radius 3 is 2.95 bits per heavy atom. The number of anilines is 1. The van der Waals surface area contributed by atoms with Crippen molar-refractivity contribution in [3.63, 3.8) is 0 Å². The number of thiophene rings is 1. The number of nitrogens with zero attached hydrogens (tertiary/aromatic N) is 2. The van der Waals surface area contributed by atoms with Crippen molar-refractivity contribution in [2.45, 2.75) is 13.0 Å². The summed E-state index contributed by atoms with van der Waals surface area (Å²) >= 11 is 1.35. The van der Waals surface area contributed by atoms with Crippen LogP contribution in [0.15, 0.2) is 24.4 Å². The van der Waals surface area contributed by atoms with E-state index in [1.165, 1.54) is 11.3 Å². The minimum atomic E-state index is -0.261. The standard InChI is InChI=1S/C13H16N4O2S/c1-8(7-18)16-12(19)11-4-3-10(20-11)9-5-6-15-13(14-2)17-9/h3-6,8,18H,7H2,1-2H3,(H,16,19)(H,14,15,17). The van der Waals surface area contributed by atoms with Gasteiger partial charge in [-0.1, -0.05) is 0 Å². The molecule has 0 aliphatic rings. The van der Waals surface area contributed by atoms with E-state index >= 15 is 0 Å². The molecule has 20 heavy (non-hydrogen) atoms. The molecule has 2 heterocycles. The molecule has 0 radical (unpaired) electrons. The number of hydrogen-bond acceptors (Lipinski definition) is 6. The molecule has 1 unspecified atom stereocenters. The number of hydrogen-bond donors (Lipinski definition) is 3. The van der Waals surface area contributed by atoms with Gasteiger partial charge in [0.2, 0.25) is 5.95 Å². The summed E-state index contributed by atoms with van der Waals surface area (Å²) in [6.07, 6.45) is 1.67. The van der Waals surface area contributed by atoms with Crippen LogP contribution in [0.2, 0.25) is 0 Å². The van der Waals surface area contributed by atoms with Gasteiger partial charge in [0.25, 0.3) is 5.91 Å². The first-order chi connectivity index (χ1) is 9.63. The molecule has 0 spiro atoms. The Labute approximate surface area is 120 Å². The first kappa shape index (κ1) is 14.4. The lowest BCUT2D eigenvalue weighted by Gasteiger charge is -2.08. The second kappa shape index (κ2) is 6.44. The summed E-state index contributed by atoms with van der Waals surface area (Å²) in [7, 11) is 1.75. The van der Waals surface area contributed by atoms with Gasteiger partial charge in [-0.2, -0.15) is 0 Å². The number of carbonyl (C=O) groups is 1. The van der Waals surface area contributed by atoms with Gasteiger partial charge in [0, 0.05) is 19.3 Å². The number of aliphatic hydroxyl groups excluding tert-OH is 1. The quantitative estimate of drug-likeness (QED) is 0.774. The Morgan fingerprint density at radius 1 is 1.45 bits per heavy atom. The lowest BCUT2D eigenvalue weighted by molar-refractivity contribution is 0.0926. The van der Waals surface area contributed by atoms with E-state index < -0.39 is 0 Å². The first-order valence-electron chi connectivity index (χ1n) is 6.16. The largest absolute Gasteiger partial charge is 0.394 e. The van der Waals surface area contributed by atoms with E-state index in [2.05, 4.69) is 20.6 Å². The molecular formula is C13H16N4O2S. The van der Waals surface area contributed by atoms with Gasteiger partial charge >= 0.3 is 0 Å². The topological polar surface area (TPSA) is 87.1 Å². The van der Waals surface area contributed by atoms with Gasteiger partial charge in [-0.25, -0.2) is 9.97 Å². The van der Waals surface area contributed by atoms with Gasteiger partial charge in [-0.15, -0.1) is 11.3 Å². The van der Waals surface area contributed by atoms with Gasteiger partial charge < -0.3 is 15.7 Å². The number of aliphatic hydroxyl groups is 1. The fraction of sp³-hybridized carbons (Fsp3) is 0.308. The molecule has 1 atom stereocenters. The Kier molecular flexibility index (Phi) is 4.65. The minimum absolute atomic E-state index is 0.0819. The number of rotatable bonds is 5. The SMILES string of the molecule is CNc1nccc(-c2ccc(C(=O)NC(C)CO)s2)n1. The zero-order valence-electron chi connectivity index (χ0n) is 11.3. The molecule has 0 aliphatic heterocycles. The summed E-state index contributed by atoms with van der Waals surface area (Å²) in [4.78, 5) is 21.8. The molecule has 0 bridgehead atoms. The predicted molar refractivity (Wildman–Crippen MR) is 78.9 cm³/mol. The second-order valence-electron chi connectivity index (χ2n) is 4.24. The molecule has 0 aromatic carbocycles. The van der Waals surface area contributed by atoms with Crippen LogP contribution in [0.4, 0.5) is 5.95 Å². The average molecular weight is 292 g/mol. The Morgan fingerprint density at radius 2 is 2.25 bits per heavy atom. The maximum absolute atomic E-state index is 11.9. The van der Waals surface area contributed by atoms with Crippen LogP contribution in [-0.2, 0) is 0 Å². The highest BCUT2D eigenvalue weighted by Crippen LogP contribution is 2.26. The van der Waals surface area contributed by atoms with Crippen molar-refractivity contribution in [1.29, 1.82) is 0 Å². The highest BCUT2D eigenvalue weighted by molar-refractivity contribution is 7.17. The van der Waals surface area contributed by atoms with Crippen LogP contribution in [0, 0.1) is 0 Å². The summed E-state index contributed by atoms with van der Waals surface area (Å²) in [5, 5.41) is 14.5. The lowest BCUT2D eigenvalue weighted by atomic mass is 10.3. The van der Waals surface area contributed by atoms with Crippen molar-refractivity contribution in [3.05, 3.63) is 29.3 Å². The Balaban J connectivity index is 2.17. The summed E-state index contributed by atoms with van der Waals surface area (Å²) in [5.74, 6) is 0.349. The van der Waals surface area contributed by atoms with Gasteiger partial charge in [0.05, 0.1) is 22.1 Å². The van der Waals surface area contributed by atoms with Crippen LogP contribution in [0.3, 0.4) is 0 Å². The number of carbonyl (C=O) groups excluding carboxylic acids is 1. The molecular weight excluding hydrogens is 276 g/mol. The fourth-order valence-electron chi connectivity index (χ4n) is 1.55. The molecule has 0 fully saturated rings. The van der Waals surface area contributed by atoms with E-state index in [0.29, 0.717) is 10.8 Å². The number of amides is 1. The van der Waals surface area contributed by atoms with Gasteiger partial charge in [0.15, 0.2) is 0 Å². The van der Waals surface area contributed by atoms with E-state index in [1.807, 2.05) is 6.07 Å². The third-order valence-corrected chi connectivity index (χ3v) is 3.72. The second-order valence-corrected chi connectivity index (χ2v) is 5.32. The van der Waals surface area contributed by atoms with Crippen molar-refractivity contribution >= 4 is 23.2 Å². The fourth-order valence-corrected chi connectivity index (χ4v) is 2.43. The normalized spacial score (nSPS) is 11.9. The molecule has 2 rings (SSSR count). The molecule has 106 valence electrons. The molecule has 2 aromatic rings.